The number of rotatable bonds is 5. The summed E-state index contributed by atoms with van der Waals surface area (Å²) in [6, 6.07) is 1.86. The van der Waals surface area contributed by atoms with E-state index in [0.717, 1.165) is 58.3 Å². The van der Waals surface area contributed by atoms with Crippen LogP contribution >= 0.6 is 0 Å². The third-order valence-corrected chi connectivity index (χ3v) is 3.18. The van der Waals surface area contributed by atoms with E-state index in [1.165, 1.54) is 0 Å². The Bertz CT molecular complexity index is 333. The first-order valence-electron chi connectivity index (χ1n) is 6.72. The standard InChI is InChI=1S/C13H22N4O/c1-2-18-12-11-16-7-4-8-17(10-9-16)13-14-5-3-6-15-13/h3,5-6H,2,4,7-12H2,1H3. The molecule has 0 unspecified atom stereocenters. The van der Waals surface area contributed by atoms with Crippen LogP contribution in [-0.4, -0.2) is 60.8 Å². The van der Waals surface area contributed by atoms with Gasteiger partial charge in [-0.3, -0.25) is 4.90 Å². The highest BCUT2D eigenvalue weighted by Gasteiger charge is 2.16. The van der Waals surface area contributed by atoms with Crippen molar-refractivity contribution < 1.29 is 4.74 Å². The molecule has 18 heavy (non-hydrogen) atoms. The Morgan fingerprint density at radius 2 is 2.00 bits per heavy atom. The van der Waals surface area contributed by atoms with E-state index >= 15 is 0 Å². The molecular formula is C13H22N4O. The van der Waals surface area contributed by atoms with Crippen LogP contribution in [0, 0.1) is 0 Å². The van der Waals surface area contributed by atoms with Crippen LogP contribution in [-0.2, 0) is 4.74 Å². The van der Waals surface area contributed by atoms with Gasteiger partial charge < -0.3 is 9.64 Å². The fourth-order valence-corrected chi connectivity index (χ4v) is 2.19. The average molecular weight is 250 g/mol. The van der Waals surface area contributed by atoms with Crippen LogP contribution < -0.4 is 4.90 Å². The molecule has 0 aliphatic carbocycles. The number of ether oxygens (including phenoxy) is 1. The van der Waals surface area contributed by atoms with E-state index in [9.17, 15) is 0 Å². The van der Waals surface area contributed by atoms with E-state index in [4.69, 9.17) is 4.74 Å². The molecule has 0 aromatic carbocycles. The van der Waals surface area contributed by atoms with Gasteiger partial charge in [0.2, 0.25) is 5.95 Å². The van der Waals surface area contributed by atoms with Crippen molar-refractivity contribution >= 4 is 5.95 Å². The van der Waals surface area contributed by atoms with Crippen LogP contribution in [0.15, 0.2) is 18.5 Å². The Balaban J connectivity index is 1.81. The maximum Gasteiger partial charge on any atom is 0.225 e. The first kappa shape index (κ1) is 13.2. The molecule has 0 amide bonds. The number of hydrogen-bond donors (Lipinski definition) is 0. The van der Waals surface area contributed by atoms with Crippen LogP contribution in [0.1, 0.15) is 13.3 Å². The lowest BCUT2D eigenvalue weighted by Crippen LogP contribution is -2.33. The quantitative estimate of drug-likeness (QED) is 0.730. The van der Waals surface area contributed by atoms with Gasteiger partial charge in [0.25, 0.3) is 0 Å². The highest BCUT2D eigenvalue weighted by atomic mass is 16.5. The van der Waals surface area contributed by atoms with Crippen molar-refractivity contribution in [2.24, 2.45) is 0 Å². The highest BCUT2D eigenvalue weighted by Crippen LogP contribution is 2.09. The Labute approximate surface area is 109 Å². The monoisotopic (exact) mass is 250 g/mol. The van der Waals surface area contributed by atoms with Crippen molar-refractivity contribution in [3.8, 4) is 0 Å². The topological polar surface area (TPSA) is 41.5 Å². The minimum absolute atomic E-state index is 0.803. The third kappa shape index (κ3) is 3.92. The summed E-state index contributed by atoms with van der Waals surface area (Å²) in [5.41, 5.74) is 0. The predicted molar refractivity (Wildman–Crippen MR) is 71.8 cm³/mol. The first-order chi connectivity index (χ1) is 8.90. The molecule has 1 aliphatic heterocycles. The van der Waals surface area contributed by atoms with Gasteiger partial charge in [0, 0.05) is 45.2 Å². The second-order valence-corrected chi connectivity index (χ2v) is 4.43. The molecule has 1 aliphatic rings. The van der Waals surface area contributed by atoms with E-state index in [1.54, 1.807) is 12.4 Å². The summed E-state index contributed by atoms with van der Waals surface area (Å²) in [7, 11) is 0. The molecule has 2 rings (SSSR count). The smallest absolute Gasteiger partial charge is 0.225 e. The maximum atomic E-state index is 5.41. The second kappa shape index (κ2) is 7.28. The summed E-state index contributed by atoms with van der Waals surface area (Å²) < 4.78 is 5.41. The molecule has 5 heteroatoms. The maximum absolute atomic E-state index is 5.41. The second-order valence-electron chi connectivity index (χ2n) is 4.43. The lowest BCUT2D eigenvalue weighted by atomic mass is 10.4. The van der Waals surface area contributed by atoms with Crippen LogP contribution in [0.3, 0.4) is 0 Å². The summed E-state index contributed by atoms with van der Waals surface area (Å²) in [5, 5.41) is 0. The molecule has 1 fully saturated rings. The van der Waals surface area contributed by atoms with Gasteiger partial charge in [-0.05, 0) is 26.0 Å². The number of aromatic nitrogens is 2. The average Bonchev–Trinajstić information content (AvgIpc) is 2.66. The van der Waals surface area contributed by atoms with Gasteiger partial charge in [0.1, 0.15) is 0 Å². The van der Waals surface area contributed by atoms with Gasteiger partial charge >= 0.3 is 0 Å². The Kier molecular flexibility index (Phi) is 5.36. The van der Waals surface area contributed by atoms with Crippen LogP contribution in [0.25, 0.3) is 0 Å². The van der Waals surface area contributed by atoms with Crippen molar-refractivity contribution in [2.45, 2.75) is 13.3 Å². The Morgan fingerprint density at radius 3 is 2.78 bits per heavy atom. The van der Waals surface area contributed by atoms with Crippen molar-refractivity contribution in [3.63, 3.8) is 0 Å². The lowest BCUT2D eigenvalue weighted by Gasteiger charge is -2.21. The molecule has 2 heterocycles. The van der Waals surface area contributed by atoms with Gasteiger partial charge in [-0.2, -0.15) is 0 Å². The Hall–Kier alpha value is -1.20. The molecule has 0 bridgehead atoms. The van der Waals surface area contributed by atoms with Gasteiger partial charge in [0.05, 0.1) is 6.61 Å². The van der Waals surface area contributed by atoms with Crippen LogP contribution in [0.2, 0.25) is 0 Å². The van der Waals surface area contributed by atoms with E-state index in [1.807, 2.05) is 13.0 Å². The normalized spacial score (nSPS) is 17.7. The molecule has 1 aromatic heterocycles. The molecule has 1 saturated heterocycles. The predicted octanol–water partition coefficient (Wildman–Crippen LogP) is 1.03. The molecular weight excluding hydrogens is 228 g/mol. The molecule has 1 aromatic rings. The highest BCUT2D eigenvalue weighted by molar-refractivity contribution is 5.28. The van der Waals surface area contributed by atoms with Crippen molar-refractivity contribution in [2.75, 3.05) is 50.8 Å². The molecule has 5 nitrogen and oxygen atoms in total. The molecule has 0 radical (unpaired) electrons. The summed E-state index contributed by atoms with van der Waals surface area (Å²) >= 11 is 0. The molecule has 0 N–H and O–H groups in total. The lowest BCUT2D eigenvalue weighted by molar-refractivity contribution is 0.116. The summed E-state index contributed by atoms with van der Waals surface area (Å²) in [6.07, 6.45) is 4.77. The minimum Gasteiger partial charge on any atom is -0.380 e. The van der Waals surface area contributed by atoms with Crippen molar-refractivity contribution in [1.29, 1.82) is 0 Å². The van der Waals surface area contributed by atoms with Crippen molar-refractivity contribution in [1.82, 2.24) is 14.9 Å². The van der Waals surface area contributed by atoms with Crippen LogP contribution in [0.5, 0.6) is 0 Å². The fraction of sp³-hybridized carbons (Fsp3) is 0.692. The number of nitrogens with zero attached hydrogens (tertiary/aromatic N) is 4. The zero-order valence-electron chi connectivity index (χ0n) is 11.1. The van der Waals surface area contributed by atoms with E-state index < -0.39 is 0 Å². The Morgan fingerprint density at radius 1 is 1.17 bits per heavy atom. The summed E-state index contributed by atoms with van der Waals surface area (Å²) in [5.74, 6) is 0.851. The van der Waals surface area contributed by atoms with E-state index in [-0.39, 0.29) is 0 Å². The SMILES string of the molecule is CCOCCN1CCCN(c2ncccn2)CC1. The van der Waals surface area contributed by atoms with Gasteiger partial charge in [-0.15, -0.1) is 0 Å². The molecule has 0 atom stereocenters. The van der Waals surface area contributed by atoms with E-state index in [0.29, 0.717) is 0 Å². The minimum atomic E-state index is 0.803. The van der Waals surface area contributed by atoms with Gasteiger partial charge in [0.15, 0.2) is 0 Å². The van der Waals surface area contributed by atoms with Gasteiger partial charge in [-0.1, -0.05) is 0 Å². The zero-order chi connectivity index (χ0) is 12.6. The fourth-order valence-electron chi connectivity index (χ4n) is 2.19. The number of anilines is 1. The molecule has 0 spiro atoms. The van der Waals surface area contributed by atoms with Gasteiger partial charge in [-0.25, -0.2) is 9.97 Å². The molecule has 100 valence electrons. The summed E-state index contributed by atoms with van der Waals surface area (Å²) in [6.45, 7) is 8.93. The van der Waals surface area contributed by atoms with Crippen molar-refractivity contribution in [3.05, 3.63) is 18.5 Å². The largest absolute Gasteiger partial charge is 0.380 e. The summed E-state index contributed by atoms with van der Waals surface area (Å²) in [4.78, 5) is 13.4. The zero-order valence-corrected chi connectivity index (χ0v) is 11.1. The van der Waals surface area contributed by atoms with E-state index in [2.05, 4.69) is 19.8 Å². The van der Waals surface area contributed by atoms with Crippen LogP contribution in [0.4, 0.5) is 5.95 Å². The first-order valence-corrected chi connectivity index (χ1v) is 6.72. The number of hydrogen-bond acceptors (Lipinski definition) is 5. The third-order valence-electron chi connectivity index (χ3n) is 3.18. The molecule has 0 saturated carbocycles.